The maximum Gasteiger partial charge on any atom is 0.322 e. The highest BCUT2D eigenvalue weighted by atomic mass is 32.2. The Kier molecular flexibility index (Phi) is 4.92. The maximum atomic E-state index is 12.8. The van der Waals surface area contributed by atoms with E-state index in [9.17, 15) is 18.3 Å². The molecule has 7 nitrogen and oxygen atoms in total. The fourth-order valence-electron chi connectivity index (χ4n) is 3.24. The largest absolute Gasteiger partial charge is 0.480 e. The van der Waals surface area contributed by atoms with E-state index in [1.54, 1.807) is 6.92 Å². The van der Waals surface area contributed by atoms with Crippen molar-refractivity contribution >= 4 is 16.2 Å². The molecule has 0 bridgehead atoms. The summed E-state index contributed by atoms with van der Waals surface area (Å²) in [7, 11) is -3.77. The molecule has 0 aromatic heterocycles. The van der Waals surface area contributed by atoms with Gasteiger partial charge in [0.05, 0.1) is 12.2 Å². The Morgan fingerprint density at radius 3 is 2.29 bits per heavy atom. The van der Waals surface area contributed by atoms with Gasteiger partial charge in [0.1, 0.15) is 6.04 Å². The number of nitrogens with zero attached hydrogens (tertiary/aromatic N) is 2. The van der Waals surface area contributed by atoms with E-state index in [1.807, 2.05) is 13.8 Å². The molecule has 2 rings (SSSR count). The highest BCUT2D eigenvalue weighted by Gasteiger charge is 2.44. The van der Waals surface area contributed by atoms with Crippen molar-refractivity contribution in [1.82, 2.24) is 8.61 Å². The number of hydrogen-bond donors (Lipinski definition) is 1. The van der Waals surface area contributed by atoms with Crippen LogP contribution in [0.2, 0.25) is 0 Å². The van der Waals surface area contributed by atoms with E-state index in [0.29, 0.717) is 6.42 Å². The zero-order chi connectivity index (χ0) is 15.8. The van der Waals surface area contributed by atoms with E-state index < -0.39 is 22.2 Å². The number of morpholine rings is 1. The number of ether oxygens (including phenoxy) is 1. The van der Waals surface area contributed by atoms with Gasteiger partial charge in [0, 0.05) is 19.6 Å². The lowest BCUT2D eigenvalue weighted by molar-refractivity contribution is -0.144. The predicted molar refractivity (Wildman–Crippen MR) is 77.0 cm³/mol. The minimum atomic E-state index is -3.77. The molecule has 1 N–H and O–H groups in total. The average molecular weight is 320 g/mol. The van der Waals surface area contributed by atoms with Crippen LogP contribution in [0.15, 0.2) is 0 Å². The molecule has 122 valence electrons. The van der Waals surface area contributed by atoms with E-state index in [4.69, 9.17) is 4.74 Å². The lowest BCUT2D eigenvalue weighted by Crippen LogP contribution is -2.59. The van der Waals surface area contributed by atoms with Crippen LogP contribution >= 0.6 is 0 Å². The Balaban J connectivity index is 2.26. The van der Waals surface area contributed by atoms with Crippen LogP contribution in [0.1, 0.15) is 33.6 Å². The Labute approximate surface area is 126 Å². The minimum Gasteiger partial charge on any atom is -0.480 e. The first kappa shape index (κ1) is 16.7. The number of carboxylic acids is 1. The second kappa shape index (κ2) is 6.20. The van der Waals surface area contributed by atoms with Crippen LogP contribution < -0.4 is 0 Å². The van der Waals surface area contributed by atoms with Gasteiger partial charge in [-0.05, 0) is 32.6 Å². The van der Waals surface area contributed by atoms with Gasteiger partial charge < -0.3 is 9.84 Å². The number of carboxylic acid groups (broad SMARTS) is 1. The third-order valence-corrected chi connectivity index (χ3v) is 6.10. The third-order valence-electron chi connectivity index (χ3n) is 4.15. The van der Waals surface area contributed by atoms with Crippen molar-refractivity contribution in [3.8, 4) is 0 Å². The maximum absolute atomic E-state index is 12.8. The summed E-state index contributed by atoms with van der Waals surface area (Å²) in [6, 6.07) is -0.975. The molecule has 8 heteroatoms. The summed E-state index contributed by atoms with van der Waals surface area (Å²) in [5.41, 5.74) is 0. The average Bonchev–Trinajstić information content (AvgIpc) is 2.36. The van der Waals surface area contributed by atoms with Crippen molar-refractivity contribution in [1.29, 1.82) is 0 Å². The Hall–Kier alpha value is -0.700. The lowest BCUT2D eigenvalue weighted by Gasteiger charge is -2.42. The smallest absolute Gasteiger partial charge is 0.322 e. The first-order valence-corrected chi connectivity index (χ1v) is 8.78. The fourth-order valence-corrected chi connectivity index (χ4v) is 5.28. The number of aliphatic carboxylic acids is 1. The summed E-state index contributed by atoms with van der Waals surface area (Å²) < 4.78 is 33.7. The Morgan fingerprint density at radius 2 is 1.76 bits per heavy atom. The van der Waals surface area contributed by atoms with Crippen molar-refractivity contribution in [2.24, 2.45) is 5.92 Å². The van der Waals surface area contributed by atoms with Gasteiger partial charge in [-0.1, -0.05) is 6.92 Å². The predicted octanol–water partition coefficient (Wildman–Crippen LogP) is 0.526. The first-order chi connectivity index (χ1) is 9.73. The molecule has 2 aliphatic heterocycles. The van der Waals surface area contributed by atoms with Crippen molar-refractivity contribution in [3.05, 3.63) is 0 Å². The molecule has 0 amide bonds. The molecular weight excluding hydrogens is 296 g/mol. The monoisotopic (exact) mass is 320 g/mol. The van der Waals surface area contributed by atoms with Gasteiger partial charge >= 0.3 is 5.97 Å². The molecule has 0 spiro atoms. The van der Waals surface area contributed by atoms with Crippen molar-refractivity contribution in [2.75, 3.05) is 19.6 Å². The molecule has 0 radical (unpaired) electrons. The quantitative estimate of drug-likeness (QED) is 0.819. The van der Waals surface area contributed by atoms with Gasteiger partial charge in [-0.15, -0.1) is 0 Å². The van der Waals surface area contributed by atoms with Crippen LogP contribution in [0.4, 0.5) is 0 Å². The van der Waals surface area contributed by atoms with Gasteiger partial charge in [0.25, 0.3) is 10.2 Å². The fraction of sp³-hybridized carbons (Fsp3) is 0.923. The molecule has 21 heavy (non-hydrogen) atoms. The van der Waals surface area contributed by atoms with Crippen LogP contribution in [-0.4, -0.2) is 66.0 Å². The topological polar surface area (TPSA) is 87.2 Å². The molecule has 0 aromatic rings. The summed E-state index contributed by atoms with van der Waals surface area (Å²) >= 11 is 0. The molecule has 0 saturated carbocycles. The SMILES string of the molecule is CC1CN(S(=O)(=O)N2CCCC(C)C2C(=O)O)CC(C)O1. The van der Waals surface area contributed by atoms with Crippen molar-refractivity contribution in [2.45, 2.75) is 51.9 Å². The van der Waals surface area contributed by atoms with Crippen molar-refractivity contribution < 1.29 is 23.1 Å². The molecule has 2 aliphatic rings. The van der Waals surface area contributed by atoms with Gasteiger partial charge in [-0.2, -0.15) is 17.0 Å². The van der Waals surface area contributed by atoms with Crippen LogP contribution in [0.3, 0.4) is 0 Å². The van der Waals surface area contributed by atoms with Gasteiger partial charge in [0.15, 0.2) is 0 Å². The highest BCUT2D eigenvalue weighted by Crippen LogP contribution is 2.28. The Morgan fingerprint density at radius 1 is 1.19 bits per heavy atom. The van der Waals surface area contributed by atoms with Gasteiger partial charge in [0.2, 0.25) is 0 Å². The molecule has 0 aromatic carbocycles. The van der Waals surface area contributed by atoms with Gasteiger partial charge in [-0.25, -0.2) is 0 Å². The summed E-state index contributed by atoms with van der Waals surface area (Å²) in [4.78, 5) is 11.5. The molecule has 2 heterocycles. The van der Waals surface area contributed by atoms with E-state index in [1.165, 1.54) is 4.31 Å². The minimum absolute atomic E-state index is 0.179. The Bertz CT molecular complexity index is 485. The highest BCUT2D eigenvalue weighted by molar-refractivity contribution is 7.86. The molecule has 2 saturated heterocycles. The van der Waals surface area contributed by atoms with E-state index >= 15 is 0 Å². The summed E-state index contributed by atoms with van der Waals surface area (Å²) in [5.74, 6) is -1.25. The molecule has 2 fully saturated rings. The second-order valence-corrected chi connectivity index (χ2v) is 7.98. The first-order valence-electron chi connectivity index (χ1n) is 7.38. The number of hydrogen-bond acceptors (Lipinski definition) is 4. The van der Waals surface area contributed by atoms with E-state index in [0.717, 1.165) is 10.7 Å². The normalized spacial score (nSPS) is 36.5. The second-order valence-electron chi connectivity index (χ2n) is 6.10. The molecular formula is C13H24N2O5S. The van der Waals surface area contributed by atoms with Crippen LogP contribution in [-0.2, 0) is 19.7 Å². The van der Waals surface area contributed by atoms with Gasteiger partial charge in [-0.3, -0.25) is 4.79 Å². The standard InChI is InChI=1S/C13H24N2O5S/c1-9-5-4-6-15(12(9)13(16)17)21(18,19)14-7-10(2)20-11(3)8-14/h9-12H,4-8H2,1-3H3,(H,16,17). The number of carbonyl (C=O) groups is 1. The summed E-state index contributed by atoms with van der Waals surface area (Å²) in [6.45, 7) is 6.25. The summed E-state index contributed by atoms with van der Waals surface area (Å²) in [5, 5.41) is 9.40. The number of piperidine rings is 1. The third kappa shape index (κ3) is 3.39. The van der Waals surface area contributed by atoms with Crippen LogP contribution in [0, 0.1) is 5.92 Å². The lowest BCUT2D eigenvalue weighted by atomic mass is 9.93. The van der Waals surface area contributed by atoms with Crippen molar-refractivity contribution in [3.63, 3.8) is 0 Å². The number of rotatable bonds is 3. The zero-order valence-electron chi connectivity index (χ0n) is 12.7. The van der Waals surface area contributed by atoms with Crippen LogP contribution in [0.25, 0.3) is 0 Å². The summed E-state index contributed by atoms with van der Waals surface area (Å²) in [6.07, 6.45) is 1.06. The molecule has 0 aliphatic carbocycles. The van der Waals surface area contributed by atoms with Crippen LogP contribution in [0.5, 0.6) is 0 Å². The zero-order valence-corrected chi connectivity index (χ0v) is 13.5. The van der Waals surface area contributed by atoms with E-state index in [-0.39, 0.29) is 37.8 Å². The molecule has 4 unspecified atom stereocenters. The molecule has 4 atom stereocenters. The van der Waals surface area contributed by atoms with E-state index in [2.05, 4.69) is 0 Å².